The molecule has 2 N–H and O–H groups in total. The summed E-state index contributed by atoms with van der Waals surface area (Å²) in [7, 11) is 0. The molecule has 7 heteroatoms. The van der Waals surface area contributed by atoms with Crippen molar-refractivity contribution < 1.29 is 9.18 Å². The second-order valence-corrected chi connectivity index (χ2v) is 5.48. The minimum Gasteiger partial charge on any atom is -0.370 e. The van der Waals surface area contributed by atoms with E-state index in [9.17, 15) is 9.18 Å². The van der Waals surface area contributed by atoms with Crippen molar-refractivity contribution in [3.8, 4) is 0 Å². The number of carbonyl (C=O) groups excluding carboxylic acids is 1. The number of pyridine rings is 1. The fourth-order valence-electron chi connectivity index (χ4n) is 1.67. The summed E-state index contributed by atoms with van der Waals surface area (Å²) in [6.45, 7) is 2.57. The molecule has 4 nitrogen and oxygen atoms in total. The number of nitrogens with one attached hydrogen (secondary N) is 2. The van der Waals surface area contributed by atoms with E-state index in [1.807, 2.05) is 6.92 Å². The van der Waals surface area contributed by atoms with Gasteiger partial charge in [0, 0.05) is 17.2 Å². The monoisotopic (exact) mass is 371 g/mol. The van der Waals surface area contributed by atoms with Gasteiger partial charge in [-0.15, -0.1) is 0 Å². The molecular formula is C14H12BrClFN3O. The van der Waals surface area contributed by atoms with Crippen molar-refractivity contribution in [3.63, 3.8) is 0 Å². The molecule has 0 atom stereocenters. The second-order valence-electron chi connectivity index (χ2n) is 4.16. The molecule has 2 rings (SSSR count). The molecule has 21 heavy (non-hydrogen) atoms. The normalized spacial score (nSPS) is 10.3. The quantitative estimate of drug-likeness (QED) is 0.840. The van der Waals surface area contributed by atoms with E-state index in [1.165, 1.54) is 24.4 Å². The zero-order valence-electron chi connectivity index (χ0n) is 11.1. The molecule has 1 aromatic carbocycles. The van der Waals surface area contributed by atoms with Crippen molar-refractivity contribution in [2.45, 2.75) is 6.92 Å². The molecule has 0 bridgehead atoms. The lowest BCUT2D eigenvalue weighted by Gasteiger charge is -2.10. The van der Waals surface area contributed by atoms with Gasteiger partial charge < -0.3 is 10.6 Å². The Morgan fingerprint density at radius 1 is 1.43 bits per heavy atom. The molecule has 0 spiro atoms. The van der Waals surface area contributed by atoms with Gasteiger partial charge in [0.2, 0.25) is 0 Å². The fourth-order valence-corrected chi connectivity index (χ4v) is 2.22. The van der Waals surface area contributed by atoms with Crippen LogP contribution in [0.15, 0.2) is 34.9 Å². The van der Waals surface area contributed by atoms with Crippen molar-refractivity contribution in [2.75, 3.05) is 17.2 Å². The number of hydrogen-bond acceptors (Lipinski definition) is 3. The maximum absolute atomic E-state index is 13.7. The Bertz CT molecular complexity index is 681. The van der Waals surface area contributed by atoms with Crippen LogP contribution in [0.5, 0.6) is 0 Å². The molecule has 2 aromatic rings. The van der Waals surface area contributed by atoms with E-state index < -0.39 is 11.7 Å². The van der Waals surface area contributed by atoms with Crippen LogP contribution in [0.2, 0.25) is 5.02 Å². The first-order valence-corrected chi connectivity index (χ1v) is 7.34. The number of rotatable bonds is 4. The number of carbonyl (C=O) groups is 1. The third-order valence-corrected chi connectivity index (χ3v) is 3.43. The summed E-state index contributed by atoms with van der Waals surface area (Å²) in [5, 5.41) is 5.68. The van der Waals surface area contributed by atoms with Crippen LogP contribution in [0.25, 0.3) is 0 Å². The van der Waals surface area contributed by atoms with Crippen molar-refractivity contribution in [1.29, 1.82) is 0 Å². The van der Waals surface area contributed by atoms with Gasteiger partial charge in [0.1, 0.15) is 11.6 Å². The Morgan fingerprint density at radius 3 is 2.90 bits per heavy atom. The van der Waals surface area contributed by atoms with Gasteiger partial charge in [-0.1, -0.05) is 27.5 Å². The van der Waals surface area contributed by atoms with Gasteiger partial charge in [-0.3, -0.25) is 4.79 Å². The lowest BCUT2D eigenvalue weighted by molar-refractivity contribution is 0.102. The van der Waals surface area contributed by atoms with Crippen LogP contribution in [-0.4, -0.2) is 17.4 Å². The van der Waals surface area contributed by atoms with Gasteiger partial charge in [-0.25, -0.2) is 9.37 Å². The Kier molecular flexibility index (Phi) is 5.14. The minimum absolute atomic E-state index is 0.0762. The summed E-state index contributed by atoms with van der Waals surface area (Å²) in [4.78, 5) is 16.3. The molecule has 0 unspecified atom stereocenters. The zero-order valence-corrected chi connectivity index (χ0v) is 13.4. The first-order chi connectivity index (χ1) is 10.0. The highest BCUT2D eigenvalue weighted by molar-refractivity contribution is 9.10. The van der Waals surface area contributed by atoms with Gasteiger partial charge in [0.15, 0.2) is 0 Å². The van der Waals surface area contributed by atoms with Gasteiger partial charge >= 0.3 is 0 Å². The highest BCUT2D eigenvalue weighted by atomic mass is 79.9. The zero-order chi connectivity index (χ0) is 15.4. The molecule has 1 heterocycles. The van der Waals surface area contributed by atoms with Gasteiger partial charge in [-0.05, 0) is 31.2 Å². The SMILES string of the molecule is CCNc1cc(C(=O)Nc2cc(Br)ccc2F)c(Cl)cn1. The molecule has 1 aromatic heterocycles. The second kappa shape index (κ2) is 6.87. The predicted molar refractivity (Wildman–Crippen MR) is 85.5 cm³/mol. The van der Waals surface area contributed by atoms with E-state index in [2.05, 4.69) is 31.5 Å². The molecule has 0 aliphatic rings. The minimum atomic E-state index is -0.524. The lowest BCUT2D eigenvalue weighted by Crippen LogP contribution is -2.14. The average molecular weight is 373 g/mol. The van der Waals surface area contributed by atoms with E-state index >= 15 is 0 Å². The van der Waals surface area contributed by atoms with E-state index in [-0.39, 0.29) is 16.3 Å². The molecule has 0 radical (unpaired) electrons. The summed E-state index contributed by atoms with van der Waals surface area (Å²) < 4.78 is 14.3. The maximum Gasteiger partial charge on any atom is 0.257 e. The maximum atomic E-state index is 13.7. The molecule has 0 saturated carbocycles. The average Bonchev–Trinajstić information content (AvgIpc) is 2.45. The first kappa shape index (κ1) is 15.7. The third kappa shape index (κ3) is 3.92. The largest absolute Gasteiger partial charge is 0.370 e. The number of anilines is 2. The van der Waals surface area contributed by atoms with Gasteiger partial charge in [-0.2, -0.15) is 0 Å². The first-order valence-electron chi connectivity index (χ1n) is 6.17. The smallest absolute Gasteiger partial charge is 0.257 e. The number of nitrogens with zero attached hydrogens (tertiary/aromatic N) is 1. The Balaban J connectivity index is 2.27. The highest BCUT2D eigenvalue weighted by Crippen LogP contribution is 2.23. The van der Waals surface area contributed by atoms with Crippen LogP contribution < -0.4 is 10.6 Å². The van der Waals surface area contributed by atoms with Crippen LogP contribution in [0, 0.1) is 5.82 Å². The van der Waals surface area contributed by atoms with Gasteiger partial charge in [0.25, 0.3) is 5.91 Å². The predicted octanol–water partition coefficient (Wildman–Crippen LogP) is 4.32. The standard InChI is InChI=1S/C14H12BrClFN3O/c1-2-18-13-6-9(10(16)7-19-13)14(21)20-12-5-8(15)3-4-11(12)17/h3-7H,2H2,1H3,(H,18,19)(H,20,21). The molecule has 0 aliphatic carbocycles. The number of halogens is 3. The van der Waals surface area contributed by atoms with Crippen molar-refractivity contribution in [2.24, 2.45) is 0 Å². The number of amides is 1. The van der Waals surface area contributed by atoms with Crippen molar-refractivity contribution in [3.05, 3.63) is 51.3 Å². The summed E-state index contributed by atoms with van der Waals surface area (Å²) in [6.07, 6.45) is 1.38. The molecule has 0 saturated heterocycles. The van der Waals surface area contributed by atoms with Crippen molar-refractivity contribution >= 4 is 44.9 Å². The molecular weight excluding hydrogens is 361 g/mol. The van der Waals surface area contributed by atoms with Crippen LogP contribution in [0.1, 0.15) is 17.3 Å². The van der Waals surface area contributed by atoms with Crippen LogP contribution in [-0.2, 0) is 0 Å². The van der Waals surface area contributed by atoms with Crippen LogP contribution >= 0.6 is 27.5 Å². The number of hydrogen-bond donors (Lipinski definition) is 2. The Labute approximate surface area is 134 Å². The van der Waals surface area contributed by atoms with Gasteiger partial charge in [0.05, 0.1) is 16.3 Å². The number of aromatic nitrogens is 1. The van der Waals surface area contributed by atoms with Crippen LogP contribution in [0.3, 0.4) is 0 Å². The van der Waals surface area contributed by atoms with E-state index in [0.29, 0.717) is 16.8 Å². The molecule has 1 amide bonds. The van der Waals surface area contributed by atoms with Crippen LogP contribution in [0.4, 0.5) is 15.9 Å². The third-order valence-electron chi connectivity index (χ3n) is 2.63. The Morgan fingerprint density at radius 2 is 2.19 bits per heavy atom. The molecule has 0 aliphatic heterocycles. The summed E-state index contributed by atoms with van der Waals surface area (Å²) in [5.74, 6) is -0.496. The van der Waals surface area contributed by atoms with E-state index in [1.54, 1.807) is 6.07 Å². The topological polar surface area (TPSA) is 54.0 Å². The summed E-state index contributed by atoms with van der Waals surface area (Å²) in [6, 6.07) is 5.82. The lowest BCUT2D eigenvalue weighted by atomic mass is 10.2. The molecule has 110 valence electrons. The van der Waals surface area contributed by atoms with Crippen molar-refractivity contribution in [1.82, 2.24) is 4.98 Å². The summed E-state index contributed by atoms with van der Waals surface area (Å²) >= 11 is 9.20. The fraction of sp³-hybridized carbons (Fsp3) is 0.143. The van der Waals surface area contributed by atoms with E-state index in [4.69, 9.17) is 11.6 Å². The highest BCUT2D eigenvalue weighted by Gasteiger charge is 2.14. The molecule has 0 fully saturated rings. The number of benzene rings is 1. The Hall–Kier alpha value is -1.66. The van der Waals surface area contributed by atoms with E-state index in [0.717, 1.165) is 0 Å². The summed E-state index contributed by atoms with van der Waals surface area (Å²) in [5.41, 5.74) is 0.300.